The second-order valence-corrected chi connectivity index (χ2v) is 10.1. The number of carbonyl (C=O) groups excluding carboxylic acids is 1. The predicted molar refractivity (Wildman–Crippen MR) is 120 cm³/mol. The Labute approximate surface area is 186 Å². The van der Waals surface area contributed by atoms with Gasteiger partial charge in [-0.25, -0.2) is 13.1 Å². The molecule has 0 radical (unpaired) electrons. The molecule has 1 saturated heterocycles. The number of likely N-dealkylation sites (tertiary alicyclic amines) is 1. The summed E-state index contributed by atoms with van der Waals surface area (Å²) in [5, 5.41) is 0. The molecule has 1 fully saturated rings. The van der Waals surface area contributed by atoms with Crippen LogP contribution in [0.5, 0.6) is 0 Å². The van der Waals surface area contributed by atoms with E-state index in [1.807, 2.05) is 11.0 Å². The highest BCUT2D eigenvalue weighted by atomic mass is 79.9. The number of carbonyl (C=O) groups is 1. The summed E-state index contributed by atoms with van der Waals surface area (Å²) in [7, 11) is -2.19. The molecule has 1 heterocycles. The first kappa shape index (κ1) is 22.9. The van der Waals surface area contributed by atoms with Gasteiger partial charge in [-0.1, -0.05) is 30.3 Å². The molecule has 1 N–H and O–H groups in total. The Balaban J connectivity index is 1.65. The standard InChI is InChI=1S/C22H27BrN2O4S/c1-29-14-11-24-30(27,28)19-7-8-21(23)20(16-19)22(26)25-12-9-18(10-13-25)15-17-5-3-2-4-6-17/h2-8,16,18,24H,9-15H2,1H3. The molecule has 1 amide bonds. The number of sulfonamides is 1. The number of amides is 1. The van der Waals surface area contributed by atoms with Crippen molar-refractivity contribution >= 4 is 31.9 Å². The Morgan fingerprint density at radius 1 is 1.17 bits per heavy atom. The van der Waals surface area contributed by atoms with Gasteiger partial charge in [0.05, 0.1) is 17.1 Å². The van der Waals surface area contributed by atoms with Gasteiger partial charge in [0.25, 0.3) is 5.91 Å². The smallest absolute Gasteiger partial charge is 0.255 e. The van der Waals surface area contributed by atoms with E-state index in [9.17, 15) is 13.2 Å². The third-order valence-electron chi connectivity index (χ3n) is 5.35. The Morgan fingerprint density at radius 3 is 2.53 bits per heavy atom. The number of ether oxygens (including phenoxy) is 1. The number of hydrogen-bond donors (Lipinski definition) is 1. The van der Waals surface area contributed by atoms with E-state index in [-0.39, 0.29) is 24.0 Å². The van der Waals surface area contributed by atoms with E-state index in [4.69, 9.17) is 4.74 Å². The fourth-order valence-corrected chi connectivity index (χ4v) is 5.11. The molecule has 0 bridgehead atoms. The van der Waals surface area contributed by atoms with Crippen LogP contribution in [0.1, 0.15) is 28.8 Å². The van der Waals surface area contributed by atoms with Crippen LogP contribution in [0.15, 0.2) is 57.9 Å². The molecule has 162 valence electrons. The first-order chi connectivity index (χ1) is 14.4. The van der Waals surface area contributed by atoms with Crippen LogP contribution in [0.25, 0.3) is 0 Å². The van der Waals surface area contributed by atoms with Gasteiger partial charge in [-0.2, -0.15) is 0 Å². The van der Waals surface area contributed by atoms with Crippen molar-refractivity contribution in [3.63, 3.8) is 0 Å². The summed E-state index contributed by atoms with van der Waals surface area (Å²) < 4.78 is 32.9. The summed E-state index contributed by atoms with van der Waals surface area (Å²) in [5.74, 6) is 0.408. The Morgan fingerprint density at radius 2 is 1.87 bits per heavy atom. The lowest BCUT2D eigenvalue weighted by Gasteiger charge is -2.32. The zero-order valence-corrected chi connectivity index (χ0v) is 19.4. The Kier molecular flexibility index (Phi) is 8.05. The molecule has 30 heavy (non-hydrogen) atoms. The molecule has 1 aliphatic heterocycles. The number of halogens is 1. The van der Waals surface area contributed by atoms with Crippen LogP contribution in [0.3, 0.4) is 0 Å². The van der Waals surface area contributed by atoms with Gasteiger partial charge in [-0.15, -0.1) is 0 Å². The Bertz CT molecular complexity index is 958. The van der Waals surface area contributed by atoms with E-state index in [0.717, 1.165) is 19.3 Å². The molecule has 0 aromatic heterocycles. The van der Waals surface area contributed by atoms with Crippen LogP contribution in [-0.4, -0.2) is 52.6 Å². The molecule has 2 aromatic rings. The molecule has 1 aliphatic rings. The monoisotopic (exact) mass is 494 g/mol. The van der Waals surface area contributed by atoms with Crippen molar-refractivity contribution < 1.29 is 17.9 Å². The largest absolute Gasteiger partial charge is 0.383 e. The molecule has 0 spiro atoms. The van der Waals surface area contributed by atoms with E-state index in [0.29, 0.717) is 29.0 Å². The van der Waals surface area contributed by atoms with E-state index in [1.165, 1.54) is 24.8 Å². The number of methoxy groups -OCH3 is 1. The topological polar surface area (TPSA) is 75.7 Å². The van der Waals surface area contributed by atoms with Crippen molar-refractivity contribution in [3.8, 4) is 0 Å². The van der Waals surface area contributed by atoms with Gasteiger partial charge < -0.3 is 9.64 Å². The number of nitrogens with one attached hydrogen (secondary N) is 1. The SMILES string of the molecule is COCCNS(=O)(=O)c1ccc(Br)c(C(=O)N2CCC(Cc3ccccc3)CC2)c1. The number of benzene rings is 2. The van der Waals surface area contributed by atoms with Gasteiger partial charge in [0.2, 0.25) is 10.0 Å². The Hall–Kier alpha value is -1.74. The minimum absolute atomic E-state index is 0.0733. The summed E-state index contributed by atoms with van der Waals surface area (Å²) >= 11 is 3.40. The molecule has 0 aliphatic carbocycles. The minimum atomic E-state index is -3.70. The van der Waals surface area contributed by atoms with Gasteiger partial charge in [-0.3, -0.25) is 4.79 Å². The fraction of sp³-hybridized carbons (Fsp3) is 0.409. The highest BCUT2D eigenvalue weighted by Gasteiger charge is 2.26. The highest BCUT2D eigenvalue weighted by Crippen LogP contribution is 2.26. The van der Waals surface area contributed by atoms with E-state index < -0.39 is 10.0 Å². The average Bonchev–Trinajstić information content (AvgIpc) is 2.75. The van der Waals surface area contributed by atoms with Crippen molar-refractivity contribution in [1.82, 2.24) is 9.62 Å². The minimum Gasteiger partial charge on any atom is -0.383 e. The molecule has 0 unspecified atom stereocenters. The molecular weight excluding hydrogens is 468 g/mol. The quantitative estimate of drug-likeness (QED) is 0.570. The first-order valence-corrected chi connectivity index (χ1v) is 12.3. The summed E-state index contributed by atoms with van der Waals surface area (Å²) in [6, 6.07) is 14.9. The molecule has 8 heteroatoms. The van der Waals surface area contributed by atoms with E-state index in [1.54, 1.807) is 6.07 Å². The molecular formula is C22H27BrN2O4S. The van der Waals surface area contributed by atoms with Crippen molar-refractivity contribution in [1.29, 1.82) is 0 Å². The second-order valence-electron chi connectivity index (χ2n) is 7.46. The second kappa shape index (κ2) is 10.5. The van der Waals surface area contributed by atoms with Crippen molar-refractivity contribution in [2.45, 2.75) is 24.2 Å². The van der Waals surface area contributed by atoms with Crippen LogP contribution in [-0.2, 0) is 21.2 Å². The molecule has 6 nitrogen and oxygen atoms in total. The van der Waals surface area contributed by atoms with Crippen LogP contribution >= 0.6 is 15.9 Å². The summed E-state index contributed by atoms with van der Waals surface area (Å²) in [6.45, 7) is 1.80. The number of piperidine rings is 1. The van der Waals surface area contributed by atoms with Gasteiger partial charge in [-0.05, 0) is 64.9 Å². The summed E-state index contributed by atoms with van der Waals surface area (Å²) in [6.07, 6.45) is 2.90. The van der Waals surface area contributed by atoms with Crippen LogP contribution < -0.4 is 4.72 Å². The highest BCUT2D eigenvalue weighted by molar-refractivity contribution is 9.10. The van der Waals surface area contributed by atoms with E-state index in [2.05, 4.69) is 44.9 Å². The molecule has 0 saturated carbocycles. The third-order valence-corrected chi connectivity index (χ3v) is 7.50. The normalized spacial score (nSPS) is 15.3. The summed E-state index contributed by atoms with van der Waals surface area (Å²) in [5.41, 5.74) is 1.69. The lowest BCUT2D eigenvalue weighted by Crippen LogP contribution is -2.39. The zero-order valence-electron chi connectivity index (χ0n) is 17.0. The molecule has 2 aromatic carbocycles. The lowest BCUT2D eigenvalue weighted by atomic mass is 9.90. The lowest BCUT2D eigenvalue weighted by molar-refractivity contribution is 0.0689. The van der Waals surface area contributed by atoms with E-state index >= 15 is 0 Å². The third kappa shape index (κ3) is 5.91. The van der Waals surface area contributed by atoms with Gasteiger partial charge in [0.1, 0.15) is 0 Å². The van der Waals surface area contributed by atoms with Crippen molar-refractivity contribution in [2.75, 3.05) is 33.4 Å². The average molecular weight is 495 g/mol. The van der Waals surface area contributed by atoms with Gasteiger partial charge in [0, 0.05) is 31.2 Å². The predicted octanol–water partition coefficient (Wildman–Crippen LogP) is 3.47. The van der Waals surface area contributed by atoms with Crippen molar-refractivity contribution in [3.05, 3.63) is 64.1 Å². The molecule has 0 atom stereocenters. The maximum Gasteiger partial charge on any atom is 0.255 e. The summed E-state index contributed by atoms with van der Waals surface area (Å²) in [4.78, 5) is 15.0. The van der Waals surface area contributed by atoms with Crippen LogP contribution in [0, 0.1) is 5.92 Å². The number of nitrogens with zero attached hydrogens (tertiary/aromatic N) is 1. The van der Waals surface area contributed by atoms with Gasteiger partial charge in [0.15, 0.2) is 0 Å². The first-order valence-electron chi connectivity index (χ1n) is 10.0. The fourth-order valence-electron chi connectivity index (χ4n) is 3.65. The maximum atomic E-state index is 13.1. The van der Waals surface area contributed by atoms with Crippen LogP contribution in [0.2, 0.25) is 0 Å². The number of hydrogen-bond acceptors (Lipinski definition) is 4. The van der Waals surface area contributed by atoms with Crippen molar-refractivity contribution in [2.24, 2.45) is 5.92 Å². The number of rotatable bonds is 8. The molecule has 3 rings (SSSR count). The van der Waals surface area contributed by atoms with Gasteiger partial charge >= 0.3 is 0 Å². The van der Waals surface area contributed by atoms with Crippen LogP contribution in [0.4, 0.5) is 0 Å². The maximum absolute atomic E-state index is 13.1. The zero-order chi connectivity index (χ0) is 21.6.